The van der Waals surface area contributed by atoms with E-state index >= 15 is 0 Å². The molecule has 5 rings (SSSR count). The molecule has 0 aliphatic heterocycles. The zero-order chi connectivity index (χ0) is 19.3. The molecular weight excluding hydrogens is 364 g/mol. The fourth-order valence-corrected chi connectivity index (χ4v) is 3.42. The quantitative estimate of drug-likeness (QED) is 0.377. The van der Waals surface area contributed by atoms with Crippen LogP contribution in [0.3, 0.4) is 0 Å². The summed E-state index contributed by atoms with van der Waals surface area (Å²) in [6.07, 6.45) is 7.33. The Morgan fingerprint density at radius 2 is 2.11 bits per heavy atom. The third-order valence-electron chi connectivity index (χ3n) is 5.05. The predicted octanol–water partition coefficient (Wildman–Crippen LogP) is -1.22. The van der Waals surface area contributed by atoms with Crippen molar-refractivity contribution in [1.82, 2.24) is 29.5 Å². The second-order valence-electron chi connectivity index (χ2n) is 7.28. The summed E-state index contributed by atoms with van der Waals surface area (Å²) >= 11 is 0. The minimum atomic E-state index is -0.503. The normalized spacial score (nSPS) is 23.8. The van der Waals surface area contributed by atoms with Crippen LogP contribution in [0, 0.1) is 0 Å². The molecule has 2 unspecified atom stereocenters. The standard InChI is InChI=1S/C17H20N8O3/c26-12-3-1-2-10(12)20-15-22-13-8(6-11-14(27)23-17(28)21-11)7-18-25(13)16(24-15)19-9-4-5-9/h6-7,9-10,12,26-27H,1-5H2,(H,19,20,24)(H2,21,23,28). The number of hydrogen-bond acceptors (Lipinski definition) is 8. The lowest BCUT2D eigenvalue weighted by atomic mass is 10.2. The Bertz CT molecular complexity index is 1210. The zero-order valence-corrected chi connectivity index (χ0v) is 15.0. The number of H-pyrrole nitrogens is 2. The maximum atomic E-state index is 11.4. The summed E-state index contributed by atoms with van der Waals surface area (Å²) in [4.78, 5) is 29.8. The van der Waals surface area contributed by atoms with Gasteiger partial charge in [-0.2, -0.15) is 19.6 Å². The number of anilines is 1. The predicted molar refractivity (Wildman–Crippen MR) is 98.5 cm³/mol. The molecule has 0 bridgehead atoms. The largest absolute Gasteiger partial charge is 0.493 e. The van der Waals surface area contributed by atoms with Crippen molar-refractivity contribution in [1.29, 1.82) is 0 Å². The van der Waals surface area contributed by atoms with Crippen LogP contribution in [0.5, 0.6) is 5.88 Å². The first-order valence-electron chi connectivity index (χ1n) is 9.34. The van der Waals surface area contributed by atoms with Gasteiger partial charge >= 0.3 is 5.69 Å². The summed E-state index contributed by atoms with van der Waals surface area (Å²) in [7, 11) is 0. The van der Waals surface area contributed by atoms with Crippen molar-refractivity contribution < 1.29 is 10.2 Å². The van der Waals surface area contributed by atoms with Gasteiger partial charge < -0.3 is 20.5 Å². The molecule has 11 nitrogen and oxygen atoms in total. The number of rotatable bonds is 4. The third kappa shape index (κ3) is 3.13. The van der Waals surface area contributed by atoms with E-state index in [9.17, 15) is 15.0 Å². The number of hydrogen-bond donors (Lipinski definition) is 5. The van der Waals surface area contributed by atoms with Crippen molar-refractivity contribution in [2.24, 2.45) is 4.99 Å². The van der Waals surface area contributed by atoms with Crippen LogP contribution in [0.2, 0.25) is 0 Å². The molecule has 2 aliphatic carbocycles. The molecule has 2 aliphatic rings. The smallest absolute Gasteiger partial charge is 0.326 e. The second kappa shape index (κ2) is 6.44. The Labute approximate surface area is 157 Å². The molecule has 3 aromatic heterocycles. The minimum Gasteiger partial charge on any atom is -0.493 e. The summed E-state index contributed by atoms with van der Waals surface area (Å²) in [6.45, 7) is 0. The molecule has 11 heteroatoms. The van der Waals surface area contributed by atoms with Gasteiger partial charge in [-0.15, -0.1) is 0 Å². The van der Waals surface area contributed by atoms with Crippen molar-refractivity contribution in [2.45, 2.75) is 50.3 Å². The Morgan fingerprint density at radius 3 is 2.79 bits per heavy atom. The lowest BCUT2D eigenvalue weighted by Gasteiger charge is -2.16. The van der Waals surface area contributed by atoms with Gasteiger partial charge in [0, 0.05) is 5.22 Å². The van der Waals surface area contributed by atoms with E-state index in [1.165, 1.54) is 0 Å². The Kier molecular flexibility index (Phi) is 3.90. The number of aromatic amines is 2. The SMILES string of the molecule is O=c1[nH]c(O)c(C=c2cnn3c(=NC4CC4)nc(NC4CCCC4O)nc23)[nH]1. The van der Waals surface area contributed by atoms with Gasteiger partial charge in [0.15, 0.2) is 5.65 Å². The van der Waals surface area contributed by atoms with E-state index in [2.05, 4.69) is 35.3 Å². The van der Waals surface area contributed by atoms with Gasteiger partial charge in [-0.25, -0.2) is 9.79 Å². The summed E-state index contributed by atoms with van der Waals surface area (Å²) in [5.74, 6) is 0.119. The molecule has 0 radical (unpaired) electrons. The Balaban J connectivity index is 1.65. The molecule has 0 aromatic carbocycles. The van der Waals surface area contributed by atoms with Gasteiger partial charge in [0.1, 0.15) is 5.69 Å². The average Bonchev–Trinajstić information content (AvgIpc) is 3.10. The fourth-order valence-electron chi connectivity index (χ4n) is 3.42. The maximum absolute atomic E-state index is 11.4. The summed E-state index contributed by atoms with van der Waals surface area (Å²) in [6, 6.07) is 0.140. The van der Waals surface area contributed by atoms with Crippen molar-refractivity contribution in [3.05, 3.63) is 33.2 Å². The molecular formula is C17H20N8O3. The molecule has 2 fully saturated rings. The van der Waals surface area contributed by atoms with Crippen LogP contribution in [-0.4, -0.2) is 58.0 Å². The Hall–Kier alpha value is -3.21. The lowest BCUT2D eigenvalue weighted by molar-refractivity contribution is 0.171. The molecule has 3 heterocycles. The highest BCUT2D eigenvalue weighted by Crippen LogP contribution is 2.23. The van der Waals surface area contributed by atoms with E-state index < -0.39 is 11.8 Å². The monoisotopic (exact) mass is 384 g/mol. The van der Waals surface area contributed by atoms with Crippen LogP contribution >= 0.6 is 0 Å². The van der Waals surface area contributed by atoms with Crippen LogP contribution in [0.4, 0.5) is 5.95 Å². The average molecular weight is 384 g/mol. The maximum Gasteiger partial charge on any atom is 0.326 e. The molecule has 146 valence electrons. The van der Waals surface area contributed by atoms with Crippen molar-refractivity contribution in [2.75, 3.05) is 5.32 Å². The molecule has 0 amide bonds. The number of nitrogens with one attached hydrogen (secondary N) is 3. The van der Waals surface area contributed by atoms with Gasteiger partial charge in [0.05, 0.1) is 24.4 Å². The van der Waals surface area contributed by atoms with Crippen LogP contribution in [-0.2, 0) is 0 Å². The highest BCUT2D eigenvalue weighted by atomic mass is 16.3. The summed E-state index contributed by atoms with van der Waals surface area (Å²) < 4.78 is 1.54. The molecule has 0 spiro atoms. The van der Waals surface area contributed by atoms with Gasteiger partial charge in [-0.3, -0.25) is 4.98 Å². The van der Waals surface area contributed by atoms with Crippen LogP contribution in [0.25, 0.3) is 11.7 Å². The summed E-state index contributed by atoms with van der Waals surface area (Å²) in [5.41, 5.74) is 0.663. The lowest BCUT2D eigenvalue weighted by Crippen LogP contribution is -2.32. The van der Waals surface area contributed by atoms with Crippen molar-refractivity contribution in [3.63, 3.8) is 0 Å². The van der Waals surface area contributed by atoms with Crippen LogP contribution in [0.1, 0.15) is 37.8 Å². The van der Waals surface area contributed by atoms with E-state index in [1.54, 1.807) is 16.8 Å². The van der Waals surface area contributed by atoms with Crippen LogP contribution < -0.4 is 21.8 Å². The molecule has 28 heavy (non-hydrogen) atoms. The van der Waals surface area contributed by atoms with Crippen molar-refractivity contribution in [3.8, 4) is 5.88 Å². The van der Waals surface area contributed by atoms with Gasteiger partial charge in [-0.05, 0) is 38.2 Å². The first-order chi connectivity index (χ1) is 13.6. The van der Waals surface area contributed by atoms with E-state index in [4.69, 9.17) is 0 Å². The van der Waals surface area contributed by atoms with Gasteiger partial charge in [-0.1, -0.05) is 0 Å². The topological polar surface area (TPSA) is 157 Å². The number of aliphatic hydroxyl groups excluding tert-OH is 1. The number of nitrogens with zero attached hydrogens (tertiary/aromatic N) is 5. The first-order valence-corrected chi connectivity index (χ1v) is 9.34. The number of aliphatic hydroxyl groups is 1. The van der Waals surface area contributed by atoms with E-state index in [1.807, 2.05) is 0 Å². The van der Waals surface area contributed by atoms with Gasteiger partial charge in [0.2, 0.25) is 11.8 Å². The second-order valence-corrected chi connectivity index (χ2v) is 7.28. The number of fused-ring (bicyclic) bond motifs is 1. The van der Waals surface area contributed by atoms with E-state index in [0.29, 0.717) is 22.4 Å². The van der Waals surface area contributed by atoms with Crippen LogP contribution in [0.15, 0.2) is 16.0 Å². The summed E-state index contributed by atoms with van der Waals surface area (Å²) in [5, 5.41) is 28.1. The molecule has 2 atom stereocenters. The van der Waals surface area contributed by atoms with E-state index in [0.717, 1.165) is 32.1 Å². The number of imidazole rings is 1. The molecule has 5 N–H and O–H groups in total. The highest BCUT2D eigenvalue weighted by molar-refractivity contribution is 5.57. The minimum absolute atomic E-state index is 0.100. The highest BCUT2D eigenvalue weighted by Gasteiger charge is 2.26. The van der Waals surface area contributed by atoms with Crippen molar-refractivity contribution >= 4 is 17.7 Å². The number of aromatic nitrogens is 6. The Morgan fingerprint density at radius 1 is 1.25 bits per heavy atom. The number of aromatic hydroxyl groups is 1. The zero-order valence-electron chi connectivity index (χ0n) is 15.0. The fraction of sp³-hybridized carbons (Fsp3) is 0.471. The molecule has 3 aromatic rings. The molecule has 2 saturated carbocycles. The van der Waals surface area contributed by atoms with Gasteiger partial charge in [0.25, 0.3) is 5.62 Å². The third-order valence-corrected chi connectivity index (χ3v) is 5.05. The first kappa shape index (κ1) is 16.9. The van der Waals surface area contributed by atoms with E-state index in [-0.39, 0.29) is 23.7 Å². The molecule has 0 saturated heterocycles.